The van der Waals surface area contributed by atoms with Gasteiger partial charge < -0.3 is 24.3 Å². The number of hydrogen-bond donors (Lipinski definition) is 1. The minimum atomic E-state index is -0.114. The van der Waals surface area contributed by atoms with E-state index in [2.05, 4.69) is 72.8 Å². The van der Waals surface area contributed by atoms with Crippen LogP contribution in [0.1, 0.15) is 45.9 Å². The molecule has 2 aromatic carbocycles. The second-order valence-electron chi connectivity index (χ2n) is 9.49. The molecule has 2 aliphatic rings. The van der Waals surface area contributed by atoms with Gasteiger partial charge in [-0.1, -0.05) is 18.2 Å². The highest BCUT2D eigenvalue weighted by Crippen LogP contribution is 2.46. The van der Waals surface area contributed by atoms with Crippen molar-refractivity contribution < 1.29 is 9.47 Å². The fourth-order valence-corrected chi connectivity index (χ4v) is 5.75. The number of hydrogen-bond acceptors (Lipinski definition) is 4. The Morgan fingerprint density at radius 3 is 2.58 bits per heavy atom. The SMILES string of the molecule is Cc1ccc(C)c(-n2c(C)cc(C3C(c4ccccn4)NC(=S)N3c3ccc4c(c3)OCO4)c2C)c1. The first-order chi connectivity index (χ1) is 17.4. The Bertz CT molecular complexity index is 1480. The molecule has 4 aromatic rings. The normalized spacial score (nSPS) is 18.6. The number of rotatable bonds is 4. The van der Waals surface area contributed by atoms with Gasteiger partial charge in [0.2, 0.25) is 6.79 Å². The first-order valence-corrected chi connectivity index (χ1v) is 12.5. The average molecular weight is 497 g/mol. The van der Waals surface area contributed by atoms with E-state index in [0.717, 1.165) is 22.9 Å². The summed E-state index contributed by atoms with van der Waals surface area (Å²) in [5.74, 6) is 1.49. The highest BCUT2D eigenvalue weighted by Gasteiger charge is 2.42. The lowest BCUT2D eigenvalue weighted by atomic mass is 9.96. The topological polar surface area (TPSA) is 51.6 Å². The van der Waals surface area contributed by atoms with Crippen LogP contribution < -0.4 is 19.7 Å². The predicted octanol–water partition coefficient (Wildman–Crippen LogP) is 6.01. The molecule has 6 nitrogen and oxygen atoms in total. The molecule has 0 radical (unpaired) electrons. The summed E-state index contributed by atoms with van der Waals surface area (Å²) in [7, 11) is 0. The Balaban J connectivity index is 1.53. The minimum Gasteiger partial charge on any atom is -0.454 e. The molecule has 36 heavy (non-hydrogen) atoms. The largest absolute Gasteiger partial charge is 0.454 e. The molecule has 2 atom stereocenters. The maximum Gasteiger partial charge on any atom is 0.231 e. The summed E-state index contributed by atoms with van der Waals surface area (Å²) in [5, 5.41) is 4.22. The zero-order valence-corrected chi connectivity index (χ0v) is 21.6. The lowest BCUT2D eigenvalue weighted by Gasteiger charge is -2.28. The number of thiocarbonyl (C=S) groups is 1. The first kappa shape index (κ1) is 22.6. The van der Waals surface area contributed by atoms with Crippen molar-refractivity contribution in [3.8, 4) is 17.2 Å². The molecule has 6 rings (SSSR count). The van der Waals surface area contributed by atoms with Crippen LogP contribution in [-0.4, -0.2) is 21.5 Å². The summed E-state index contributed by atoms with van der Waals surface area (Å²) in [5.41, 5.74) is 9.15. The van der Waals surface area contributed by atoms with Crippen LogP contribution in [0, 0.1) is 27.7 Å². The zero-order chi connectivity index (χ0) is 25.0. The lowest BCUT2D eigenvalue weighted by molar-refractivity contribution is 0.174. The van der Waals surface area contributed by atoms with Gasteiger partial charge in [0.1, 0.15) is 0 Å². The molecule has 0 spiro atoms. The molecule has 0 aliphatic carbocycles. The minimum absolute atomic E-state index is 0.0992. The van der Waals surface area contributed by atoms with E-state index in [4.69, 9.17) is 26.7 Å². The number of ether oxygens (including phenoxy) is 2. The molecular formula is C29H28N4O2S. The molecule has 4 heterocycles. The summed E-state index contributed by atoms with van der Waals surface area (Å²) in [6, 6.07) is 20.7. The third kappa shape index (κ3) is 3.62. The van der Waals surface area contributed by atoms with Gasteiger partial charge in [0.05, 0.1) is 17.8 Å². The van der Waals surface area contributed by atoms with Crippen molar-refractivity contribution >= 4 is 23.0 Å². The van der Waals surface area contributed by atoms with Crippen molar-refractivity contribution in [1.82, 2.24) is 14.9 Å². The second-order valence-corrected chi connectivity index (χ2v) is 9.87. The van der Waals surface area contributed by atoms with Gasteiger partial charge in [-0.25, -0.2) is 0 Å². The van der Waals surface area contributed by atoms with Crippen LogP contribution in [0.3, 0.4) is 0 Å². The van der Waals surface area contributed by atoms with E-state index in [1.54, 1.807) is 0 Å². The molecular weight excluding hydrogens is 468 g/mol. The van der Waals surface area contributed by atoms with Crippen molar-refractivity contribution in [2.24, 2.45) is 0 Å². The van der Waals surface area contributed by atoms with Crippen molar-refractivity contribution in [1.29, 1.82) is 0 Å². The van der Waals surface area contributed by atoms with Gasteiger partial charge in [-0.05, 0) is 93.0 Å². The van der Waals surface area contributed by atoms with Crippen molar-refractivity contribution in [2.45, 2.75) is 39.8 Å². The van der Waals surface area contributed by atoms with Gasteiger partial charge >= 0.3 is 0 Å². The van der Waals surface area contributed by atoms with E-state index in [1.165, 1.54) is 33.8 Å². The second kappa shape index (κ2) is 8.68. The van der Waals surface area contributed by atoms with E-state index < -0.39 is 0 Å². The fraction of sp³-hybridized carbons (Fsp3) is 0.241. The fourth-order valence-electron chi connectivity index (χ4n) is 5.40. The molecule has 1 N–H and O–H groups in total. The zero-order valence-electron chi connectivity index (χ0n) is 20.8. The maximum absolute atomic E-state index is 5.93. The van der Waals surface area contributed by atoms with Gasteiger partial charge in [-0.3, -0.25) is 4.98 Å². The van der Waals surface area contributed by atoms with Crippen LogP contribution in [0.25, 0.3) is 5.69 Å². The number of benzene rings is 2. The van der Waals surface area contributed by atoms with Crippen molar-refractivity contribution in [3.05, 3.63) is 101 Å². The number of anilines is 1. The number of aromatic nitrogens is 2. The summed E-state index contributed by atoms with van der Waals surface area (Å²) >= 11 is 5.93. The number of aryl methyl sites for hydroxylation is 3. The van der Waals surface area contributed by atoms with Crippen molar-refractivity contribution in [3.63, 3.8) is 0 Å². The molecule has 2 aromatic heterocycles. The Morgan fingerprint density at radius 2 is 1.78 bits per heavy atom. The molecule has 0 saturated carbocycles. The average Bonchev–Trinajstić information content (AvgIpc) is 3.56. The predicted molar refractivity (Wildman–Crippen MR) is 145 cm³/mol. The molecule has 0 amide bonds. The summed E-state index contributed by atoms with van der Waals surface area (Å²) < 4.78 is 13.6. The third-order valence-electron chi connectivity index (χ3n) is 7.13. The molecule has 182 valence electrons. The van der Waals surface area contributed by atoms with Gasteiger partial charge in [0.25, 0.3) is 0 Å². The van der Waals surface area contributed by atoms with Gasteiger partial charge in [-0.2, -0.15) is 0 Å². The number of pyridine rings is 1. The molecule has 1 saturated heterocycles. The first-order valence-electron chi connectivity index (χ1n) is 12.1. The smallest absolute Gasteiger partial charge is 0.231 e. The Kier molecular flexibility index (Phi) is 5.45. The van der Waals surface area contributed by atoms with E-state index in [1.807, 2.05) is 36.5 Å². The third-order valence-corrected chi connectivity index (χ3v) is 7.44. The van der Waals surface area contributed by atoms with E-state index in [0.29, 0.717) is 5.11 Å². The van der Waals surface area contributed by atoms with Crippen LogP contribution in [0.15, 0.2) is 66.9 Å². The molecule has 1 fully saturated rings. The van der Waals surface area contributed by atoms with Crippen LogP contribution in [0.4, 0.5) is 5.69 Å². The van der Waals surface area contributed by atoms with Crippen LogP contribution in [-0.2, 0) is 0 Å². The standard InChI is InChI=1S/C29H28N4O2S/c1-17-8-9-18(2)24(13-17)32-19(3)14-22(20(32)4)28-27(23-7-5-6-12-30-23)31-29(36)33(28)21-10-11-25-26(15-21)35-16-34-25/h5-15,27-28H,16H2,1-4H3,(H,31,36). The van der Waals surface area contributed by atoms with E-state index in [-0.39, 0.29) is 18.9 Å². The highest BCUT2D eigenvalue weighted by molar-refractivity contribution is 7.80. The molecule has 7 heteroatoms. The van der Waals surface area contributed by atoms with Crippen LogP contribution >= 0.6 is 12.2 Å². The number of fused-ring (bicyclic) bond motifs is 1. The van der Waals surface area contributed by atoms with Crippen LogP contribution in [0.5, 0.6) is 11.5 Å². The Morgan fingerprint density at radius 1 is 0.944 bits per heavy atom. The monoisotopic (exact) mass is 496 g/mol. The Hall–Kier alpha value is -3.84. The van der Waals surface area contributed by atoms with Gasteiger partial charge in [0, 0.05) is 35.0 Å². The highest BCUT2D eigenvalue weighted by atomic mass is 32.1. The lowest BCUT2D eigenvalue weighted by Crippen LogP contribution is -2.29. The molecule has 2 unspecified atom stereocenters. The number of nitrogens with zero attached hydrogens (tertiary/aromatic N) is 3. The van der Waals surface area contributed by atoms with Gasteiger partial charge in [0.15, 0.2) is 16.6 Å². The maximum atomic E-state index is 5.93. The summed E-state index contributed by atoms with van der Waals surface area (Å²) in [6.07, 6.45) is 1.83. The van der Waals surface area contributed by atoms with Crippen molar-refractivity contribution in [2.75, 3.05) is 11.7 Å². The molecule has 0 bridgehead atoms. The summed E-state index contributed by atoms with van der Waals surface area (Å²) in [4.78, 5) is 6.89. The van der Waals surface area contributed by atoms with Crippen LogP contribution in [0.2, 0.25) is 0 Å². The Labute approximate surface area is 216 Å². The molecule has 2 aliphatic heterocycles. The van der Waals surface area contributed by atoms with Gasteiger partial charge in [-0.15, -0.1) is 0 Å². The summed E-state index contributed by atoms with van der Waals surface area (Å²) in [6.45, 7) is 8.89. The van der Waals surface area contributed by atoms with E-state index in [9.17, 15) is 0 Å². The quantitative estimate of drug-likeness (QED) is 0.349. The number of nitrogens with one attached hydrogen (secondary N) is 1. The van der Waals surface area contributed by atoms with E-state index >= 15 is 0 Å².